The Labute approximate surface area is 113 Å². The fourth-order valence-corrected chi connectivity index (χ4v) is 2.06. The van der Waals surface area contributed by atoms with Crippen LogP contribution in [0, 0.1) is 17.5 Å². The highest BCUT2D eigenvalue weighted by molar-refractivity contribution is 6.22. The molecule has 0 saturated heterocycles. The third-order valence-electron chi connectivity index (χ3n) is 2.70. The first kappa shape index (κ1) is 13.7. The molecule has 0 fully saturated rings. The fraction of sp³-hybridized carbons (Fsp3) is 0.143. The lowest BCUT2D eigenvalue weighted by atomic mass is 10.0. The van der Waals surface area contributed by atoms with Crippen molar-refractivity contribution < 1.29 is 17.9 Å². The first-order valence-corrected chi connectivity index (χ1v) is 5.89. The molecule has 0 heterocycles. The second-order valence-electron chi connectivity index (χ2n) is 3.92. The van der Waals surface area contributed by atoms with Gasteiger partial charge in [-0.15, -0.1) is 11.6 Å². The third-order valence-corrected chi connectivity index (χ3v) is 3.19. The second-order valence-corrected chi connectivity index (χ2v) is 4.36. The van der Waals surface area contributed by atoms with Crippen molar-refractivity contribution in [3.8, 4) is 5.75 Å². The summed E-state index contributed by atoms with van der Waals surface area (Å²) < 4.78 is 44.4. The first-order chi connectivity index (χ1) is 9.02. The van der Waals surface area contributed by atoms with Crippen LogP contribution in [0.3, 0.4) is 0 Å². The number of hydrogen-bond donors (Lipinski definition) is 0. The average molecular weight is 287 g/mol. The monoisotopic (exact) mass is 286 g/mol. The summed E-state index contributed by atoms with van der Waals surface area (Å²) in [5.74, 6) is -2.06. The number of rotatable bonds is 3. The third kappa shape index (κ3) is 2.84. The molecule has 0 aliphatic carbocycles. The van der Waals surface area contributed by atoms with Gasteiger partial charge in [0.25, 0.3) is 0 Å². The van der Waals surface area contributed by atoms with Gasteiger partial charge in [0.1, 0.15) is 11.6 Å². The van der Waals surface area contributed by atoms with E-state index in [2.05, 4.69) is 0 Å². The van der Waals surface area contributed by atoms with Crippen LogP contribution in [-0.2, 0) is 0 Å². The molecule has 5 heteroatoms. The van der Waals surface area contributed by atoms with Gasteiger partial charge in [-0.3, -0.25) is 0 Å². The summed E-state index contributed by atoms with van der Waals surface area (Å²) in [4.78, 5) is 0. The van der Waals surface area contributed by atoms with E-state index in [0.29, 0.717) is 16.9 Å². The Bertz CT molecular complexity index is 601. The molecule has 0 amide bonds. The average Bonchev–Trinajstić information content (AvgIpc) is 2.41. The summed E-state index contributed by atoms with van der Waals surface area (Å²) in [5.41, 5.74) is 0.680. The maximum Gasteiger partial charge on any atom is 0.159 e. The van der Waals surface area contributed by atoms with Gasteiger partial charge in [0.15, 0.2) is 11.6 Å². The molecule has 0 aliphatic rings. The van der Waals surface area contributed by atoms with Crippen molar-refractivity contribution in [1.82, 2.24) is 0 Å². The van der Waals surface area contributed by atoms with E-state index in [4.69, 9.17) is 16.3 Å². The lowest BCUT2D eigenvalue weighted by molar-refractivity contribution is 0.408. The number of ether oxygens (including phenoxy) is 1. The maximum absolute atomic E-state index is 13.3. The minimum Gasteiger partial charge on any atom is -0.496 e. The zero-order valence-corrected chi connectivity index (χ0v) is 10.7. The molecule has 0 N–H and O–H groups in total. The predicted octanol–water partition coefficient (Wildman–Crippen LogP) is 4.44. The van der Waals surface area contributed by atoms with Gasteiger partial charge in [-0.05, 0) is 35.9 Å². The van der Waals surface area contributed by atoms with Gasteiger partial charge in [0, 0.05) is 5.56 Å². The second kappa shape index (κ2) is 5.53. The summed E-state index contributed by atoms with van der Waals surface area (Å²) >= 11 is 6.18. The van der Waals surface area contributed by atoms with Crippen molar-refractivity contribution >= 4 is 11.6 Å². The van der Waals surface area contributed by atoms with Crippen LogP contribution in [0.25, 0.3) is 0 Å². The standard InChI is InChI=1S/C14H10ClF3O/c1-19-13-5-3-9(16)7-10(13)14(15)8-2-4-11(17)12(18)6-8/h2-7,14H,1H3. The van der Waals surface area contributed by atoms with E-state index in [9.17, 15) is 13.2 Å². The maximum atomic E-state index is 13.3. The molecule has 1 nitrogen and oxygen atoms in total. The molecule has 0 bridgehead atoms. The van der Waals surface area contributed by atoms with Gasteiger partial charge in [-0.1, -0.05) is 6.07 Å². The largest absolute Gasteiger partial charge is 0.496 e. The van der Waals surface area contributed by atoms with Crippen molar-refractivity contribution in [2.75, 3.05) is 7.11 Å². The highest BCUT2D eigenvalue weighted by Crippen LogP contribution is 2.35. The normalized spacial score (nSPS) is 12.3. The number of alkyl halides is 1. The van der Waals surface area contributed by atoms with Crippen LogP contribution in [0.1, 0.15) is 16.5 Å². The summed E-state index contributed by atoms with van der Waals surface area (Å²) in [5, 5.41) is -0.833. The van der Waals surface area contributed by atoms with Gasteiger partial charge in [-0.2, -0.15) is 0 Å². The van der Waals surface area contributed by atoms with Crippen molar-refractivity contribution in [3.05, 3.63) is 65.0 Å². The van der Waals surface area contributed by atoms with Crippen molar-refractivity contribution in [1.29, 1.82) is 0 Å². The zero-order chi connectivity index (χ0) is 14.0. The van der Waals surface area contributed by atoms with Gasteiger partial charge in [0.2, 0.25) is 0 Å². The molecule has 100 valence electrons. The van der Waals surface area contributed by atoms with Gasteiger partial charge in [0.05, 0.1) is 12.5 Å². The van der Waals surface area contributed by atoms with Gasteiger partial charge < -0.3 is 4.74 Å². The van der Waals surface area contributed by atoms with E-state index in [1.54, 1.807) is 0 Å². The van der Waals surface area contributed by atoms with E-state index >= 15 is 0 Å². The topological polar surface area (TPSA) is 9.23 Å². The quantitative estimate of drug-likeness (QED) is 0.758. The molecular formula is C14H10ClF3O. The molecule has 1 atom stereocenters. The summed E-state index contributed by atoms with van der Waals surface area (Å²) in [6, 6.07) is 7.18. The van der Waals surface area contributed by atoms with Crippen LogP contribution >= 0.6 is 11.6 Å². The smallest absolute Gasteiger partial charge is 0.159 e. The number of benzene rings is 2. The molecule has 0 aliphatic heterocycles. The molecule has 0 aromatic heterocycles. The minimum absolute atomic E-state index is 0.324. The molecular weight excluding hydrogens is 277 g/mol. The molecule has 0 spiro atoms. The zero-order valence-electron chi connectivity index (χ0n) is 9.96. The summed E-state index contributed by atoms with van der Waals surface area (Å²) in [6.45, 7) is 0. The van der Waals surface area contributed by atoms with Crippen molar-refractivity contribution in [3.63, 3.8) is 0 Å². The van der Waals surface area contributed by atoms with E-state index in [1.807, 2.05) is 0 Å². The molecule has 0 saturated carbocycles. The van der Waals surface area contributed by atoms with Crippen LogP contribution in [0.15, 0.2) is 36.4 Å². The molecule has 2 aromatic rings. The van der Waals surface area contributed by atoms with E-state index in [0.717, 1.165) is 12.1 Å². The Balaban J connectivity index is 2.45. The summed E-state index contributed by atoms with van der Waals surface area (Å²) in [7, 11) is 1.42. The Morgan fingerprint density at radius 1 is 1.00 bits per heavy atom. The van der Waals surface area contributed by atoms with Crippen LogP contribution in [0.4, 0.5) is 13.2 Å². The first-order valence-electron chi connectivity index (χ1n) is 5.45. The highest BCUT2D eigenvalue weighted by atomic mass is 35.5. The van der Waals surface area contributed by atoms with Crippen molar-refractivity contribution in [2.45, 2.75) is 5.38 Å². The number of halogens is 4. The van der Waals surface area contributed by atoms with E-state index in [1.165, 1.54) is 31.4 Å². The van der Waals surface area contributed by atoms with Gasteiger partial charge >= 0.3 is 0 Å². The Kier molecular flexibility index (Phi) is 4.00. The fourth-order valence-electron chi connectivity index (χ4n) is 1.75. The molecule has 2 rings (SSSR count). The van der Waals surface area contributed by atoms with E-state index in [-0.39, 0.29) is 0 Å². The molecule has 0 radical (unpaired) electrons. The SMILES string of the molecule is COc1ccc(F)cc1C(Cl)c1ccc(F)c(F)c1. The molecule has 2 aromatic carbocycles. The van der Waals surface area contributed by atoms with Crippen LogP contribution < -0.4 is 4.74 Å². The molecule has 19 heavy (non-hydrogen) atoms. The Morgan fingerprint density at radius 3 is 2.37 bits per heavy atom. The Morgan fingerprint density at radius 2 is 1.74 bits per heavy atom. The number of methoxy groups -OCH3 is 1. The minimum atomic E-state index is -1.00. The summed E-state index contributed by atoms with van der Waals surface area (Å²) in [6.07, 6.45) is 0. The lowest BCUT2D eigenvalue weighted by Crippen LogP contribution is -1.99. The molecule has 1 unspecified atom stereocenters. The lowest BCUT2D eigenvalue weighted by Gasteiger charge is -2.14. The predicted molar refractivity (Wildman–Crippen MR) is 67.0 cm³/mol. The van der Waals surface area contributed by atoms with Crippen molar-refractivity contribution in [2.24, 2.45) is 0 Å². The highest BCUT2D eigenvalue weighted by Gasteiger charge is 2.18. The Hall–Kier alpha value is -1.68. The van der Waals surface area contributed by atoms with E-state index < -0.39 is 22.8 Å². The van der Waals surface area contributed by atoms with Crippen LogP contribution in [0.2, 0.25) is 0 Å². The van der Waals surface area contributed by atoms with Crippen LogP contribution in [0.5, 0.6) is 5.75 Å². The van der Waals surface area contributed by atoms with Gasteiger partial charge in [-0.25, -0.2) is 13.2 Å². The number of hydrogen-bond acceptors (Lipinski definition) is 1. The van der Waals surface area contributed by atoms with Crippen LogP contribution in [-0.4, -0.2) is 7.11 Å².